The molecule has 7 heteroatoms. The van der Waals surface area contributed by atoms with Gasteiger partial charge in [0, 0.05) is 0 Å². The third-order valence-electron chi connectivity index (χ3n) is 1.47. The Morgan fingerprint density at radius 3 is 3.23 bits per heavy atom. The van der Waals surface area contributed by atoms with Crippen LogP contribution in [0, 0.1) is 11.5 Å². The highest BCUT2D eigenvalue weighted by atomic mass is 16.1. The fourth-order valence-electron chi connectivity index (χ4n) is 0.955. The minimum Gasteiger partial charge on any atom is -0.339 e. The van der Waals surface area contributed by atoms with Crippen LogP contribution in [-0.2, 0) is 0 Å². The van der Waals surface area contributed by atoms with E-state index in [-0.39, 0.29) is 17.2 Å². The molecule has 0 amide bonds. The van der Waals surface area contributed by atoms with Crippen LogP contribution in [0.4, 0.5) is 5.95 Å². The lowest BCUT2D eigenvalue weighted by molar-refractivity contribution is 1.15. The molecule has 64 valence electrons. The summed E-state index contributed by atoms with van der Waals surface area (Å²) in [7, 11) is 0. The Kier molecular flexibility index (Phi) is 1.46. The summed E-state index contributed by atoms with van der Waals surface area (Å²) < 4.78 is 0. The molecular formula is C6H4N6O. The highest BCUT2D eigenvalue weighted by Crippen LogP contribution is 2.01. The van der Waals surface area contributed by atoms with E-state index in [0.717, 1.165) is 0 Å². The highest BCUT2D eigenvalue weighted by molar-refractivity contribution is 5.69. The van der Waals surface area contributed by atoms with Crippen LogP contribution in [0.2, 0.25) is 0 Å². The Labute approximate surface area is 71.5 Å². The lowest BCUT2D eigenvalue weighted by atomic mass is 10.5. The zero-order valence-corrected chi connectivity index (χ0v) is 6.33. The molecular weight excluding hydrogens is 172 g/mol. The molecule has 2 aromatic rings. The van der Waals surface area contributed by atoms with Crippen LogP contribution in [0.5, 0.6) is 0 Å². The van der Waals surface area contributed by atoms with Gasteiger partial charge in [0.15, 0.2) is 17.4 Å². The minimum atomic E-state index is -0.361. The molecule has 2 heterocycles. The van der Waals surface area contributed by atoms with Crippen LogP contribution in [0.1, 0.15) is 0 Å². The summed E-state index contributed by atoms with van der Waals surface area (Å²) >= 11 is 0. The molecule has 0 atom stereocenters. The fraction of sp³-hybridized carbons (Fsp3) is 0. The van der Waals surface area contributed by atoms with Crippen molar-refractivity contribution in [2.24, 2.45) is 0 Å². The number of nitrogens with one attached hydrogen (secondary N) is 3. The van der Waals surface area contributed by atoms with Crippen LogP contribution in [-0.4, -0.2) is 19.9 Å². The second-order valence-electron chi connectivity index (χ2n) is 2.25. The number of nitriles is 1. The Morgan fingerprint density at radius 1 is 1.62 bits per heavy atom. The van der Waals surface area contributed by atoms with Gasteiger partial charge in [0.25, 0.3) is 5.56 Å². The van der Waals surface area contributed by atoms with Crippen LogP contribution < -0.4 is 10.9 Å². The maximum atomic E-state index is 11.2. The smallest absolute Gasteiger partial charge is 0.278 e. The van der Waals surface area contributed by atoms with Gasteiger partial charge in [-0.05, 0) is 0 Å². The topological polar surface area (TPSA) is 110 Å². The third-order valence-corrected chi connectivity index (χ3v) is 1.47. The average Bonchev–Trinajstić information content (AvgIpc) is 2.53. The summed E-state index contributed by atoms with van der Waals surface area (Å²) in [6, 6.07) is 0. The number of nitrogens with zero attached hydrogens (tertiary/aromatic N) is 3. The normalized spacial score (nSPS) is 9.77. The van der Waals surface area contributed by atoms with Crippen molar-refractivity contribution in [3.63, 3.8) is 0 Å². The Hall–Kier alpha value is -2.36. The standard InChI is InChI=1S/C6H4N6O/c7-1-8-6-11-4-3(5(13)12-6)9-2-10-4/h2H,(H3,8,9,10,11,12,13). The molecule has 0 saturated heterocycles. The molecule has 2 rings (SSSR count). The largest absolute Gasteiger partial charge is 0.339 e. The summed E-state index contributed by atoms with van der Waals surface area (Å²) in [6.07, 6.45) is 3.01. The lowest BCUT2D eigenvalue weighted by Crippen LogP contribution is -2.10. The first kappa shape index (κ1) is 7.30. The predicted octanol–water partition coefficient (Wildman–Crippen LogP) is -0.461. The van der Waals surface area contributed by atoms with Gasteiger partial charge in [-0.15, -0.1) is 0 Å². The van der Waals surface area contributed by atoms with Crippen molar-refractivity contribution in [3.8, 4) is 6.19 Å². The van der Waals surface area contributed by atoms with E-state index in [1.165, 1.54) is 6.33 Å². The van der Waals surface area contributed by atoms with E-state index in [1.807, 2.05) is 0 Å². The van der Waals surface area contributed by atoms with Gasteiger partial charge in [-0.1, -0.05) is 0 Å². The summed E-state index contributed by atoms with van der Waals surface area (Å²) in [5, 5.41) is 10.5. The Bertz CT molecular complexity index is 532. The van der Waals surface area contributed by atoms with Gasteiger partial charge in [-0.3, -0.25) is 15.1 Å². The second kappa shape index (κ2) is 2.60. The Balaban J connectivity index is 2.72. The van der Waals surface area contributed by atoms with Crippen molar-refractivity contribution in [2.45, 2.75) is 0 Å². The number of anilines is 1. The summed E-state index contributed by atoms with van der Waals surface area (Å²) in [5.74, 6) is 0.0899. The van der Waals surface area contributed by atoms with Gasteiger partial charge in [0.1, 0.15) is 0 Å². The number of hydrogen-bond acceptors (Lipinski definition) is 5. The maximum Gasteiger partial charge on any atom is 0.278 e. The van der Waals surface area contributed by atoms with E-state index in [9.17, 15) is 4.79 Å². The maximum absolute atomic E-state index is 11.2. The first-order valence-corrected chi connectivity index (χ1v) is 3.40. The molecule has 3 N–H and O–H groups in total. The van der Waals surface area contributed by atoms with E-state index in [0.29, 0.717) is 5.52 Å². The predicted molar refractivity (Wildman–Crippen MR) is 43.7 cm³/mol. The summed E-state index contributed by atoms with van der Waals surface area (Å²) in [6.45, 7) is 0. The summed E-state index contributed by atoms with van der Waals surface area (Å²) in [5.41, 5.74) is 0.213. The number of hydrogen-bond donors (Lipinski definition) is 3. The van der Waals surface area contributed by atoms with E-state index in [4.69, 9.17) is 5.26 Å². The van der Waals surface area contributed by atoms with Gasteiger partial charge < -0.3 is 4.98 Å². The fourth-order valence-corrected chi connectivity index (χ4v) is 0.955. The number of fused-ring (bicyclic) bond motifs is 1. The van der Waals surface area contributed by atoms with Gasteiger partial charge >= 0.3 is 0 Å². The monoisotopic (exact) mass is 176 g/mol. The molecule has 0 saturated carbocycles. The second-order valence-corrected chi connectivity index (χ2v) is 2.25. The molecule has 0 aliphatic heterocycles. The molecule has 0 bridgehead atoms. The molecule has 2 aromatic heterocycles. The average molecular weight is 176 g/mol. The molecule has 0 unspecified atom stereocenters. The van der Waals surface area contributed by atoms with Gasteiger partial charge in [-0.25, -0.2) is 4.98 Å². The molecule has 0 spiro atoms. The van der Waals surface area contributed by atoms with Crippen molar-refractivity contribution in [1.29, 1.82) is 5.26 Å². The third kappa shape index (κ3) is 1.10. The van der Waals surface area contributed by atoms with E-state index in [1.54, 1.807) is 6.19 Å². The summed E-state index contributed by atoms with van der Waals surface area (Å²) in [4.78, 5) is 23.9. The zero-order chi connectivity index (χ0) is 9.26. The number of aromatic amines is 2. The van der Waals surface area contributed by atoms with Crippen LogP contribution >= 0.6 is 0 Å². The van der Waals surface area contributed by atoms with Gasteiger partial charge in [0.05, 0.1) is 6.33 Å². The number of rotatable bonds is 1. The van der Waals surface area contributed by atoms with E-state index in [2.05, 4.69) is 25.3 Å². The van der Waals surface area contributed by atoms with Crippen molar-refractivity contribution >= 4 is 17.1 Å². The number of aromatic nitrogens is 4. The van der Waals surface area contributed by atoms with Crippen LogP contribution in [0.15, 0.2) is 11.1 Å². The van der Waals surface area contributed by atoms with Crippen molar-refractivity contribution < 1.29 is 0 Å². The molecule has 13 heavy (non-hydrogen) atoms. The van der Waals surface area contributed by atoms with Crippen molar-refractivity contribution in [2.75, 3.05) is 5.32 Å². The van der Waals surface area contributed by atoms with Crippen LogP contribution in [0.3, 0.4) is 0 Å². The zero-order valence-electron chi connectivity index (χ0n) is 6.33. The molecule has 0 radical (unpaired) electrons. The SMILES string of the molecule is N#CNc1nc2nc[nH]c2c(=O)[nH]1. The first-order chi connectivity index (χ1) is 6.31. The molecule has 0 aliphatic rings. The van der Waals surface area contributed by atoms with Crippen molar-refractivity contribution in [1.82, 2.24) is 19.9 Å². The number of imidazole rings is 1. The van der Waals surface area contributed by atoms with Crippen molar-refractivity contribution in [3.05, 3.63) is 16.7 Å². The molecule has 0 fully saturated rings. The highest BCUT2D eigenvalue weighted by Gasteiger charge is 2.04. The number of H-pyrrole nitrogens is 2. The molecule has 0 aromatic carbocycles. The minimum absolute atomic E-state index is 0.0899. The molecule has 0 aliphatic carbocycles. The first-order valence-electron chi connectivity index (χ1n) is 3.40. The van der Waals surface area contributed by atoms with Crippen LogP contribution in [0.25, 0.3) is 11.2 Å². The van der Waals surface area contributed by atoms with Gasteiger partial charge in [-0.2, -0.15) is 10.2 Å². The van der Waals surface area contributed by atoms with E-state index < -0.39 is 0 Å². The quantitative estimate of drug-likeness (QED) is 0.402. The van der Waals surface area contributed by atoms with E-state index >= 15 is 0 Å². The lowest BCUT2D eigenvalue weighted by Gasteiger charge is -1.93. The Morgan fingerprint density at radius 2 is 2.46 bits per heavy atom. The van der Waals surface area contributed by atoms with Gasteiger partial charge in [0.2, 0.25) is 5.95 Å². The molecule has 7 nitrogen and oxygen atoms in total.